The predicted octanol–water partition coefficient (Wildman–Crippen LogP) is 2.98. The lowest BCUT2D eigenvalue weighted by Gasteiger charge is -2.11. The molecule has 7 nitrogen and oxygen atoms in total. The van der Waals surface area contributed by atoms with Crippen LogP contribution in [0.3, 0.4) is 0 Å². The Hall–Kier alpha value is -2.69. The average molecular weight is 387 g/mol. The van der Waals surface area contributed by atoms with Gasteiger partial charge in [-0.1, -0.05) is 18.2 Å². The van der Waals surface area contributed by atoms with Gasteiger partial charge < -0.3 is 10.6 Å². The molecule has 0 aliphatic rings. The molecule has 26 heavy (non-hydrogen) atoms. The zero-order valence-corrected chi connectivity index (χ0v) is 14.5. The van der Waals surface area contributed by atoms with E-state index in [-0.39, 0.29) is 12.2 Å². The number of nitrogens with zero attached hydrogens (tertiary/aromatic N) is 3. The fraction of sp³-hybridized carbons (Fsp3) is 0.333. The van der Waals surface area contributed by atoms with Crippen LogP contribution in [0.15, 0.2) is 34.6 Å². The van der Waals surface area contributed by atoms with Crippen molar-refractivity contribution in [2.45, 2.75) is 19.1 Å². The molecule has 0 aliphatic carbocycles. The molecule has 1 heterocycles. The summed E-state index contributed by atoms with van der Waals surface area (Å²) in [7, 11) is 1.53. The molecular formula is C15H16F3N5O2S. The number of hydrogen-bond acceptors (Lipinski definition) is 5. The molecule has 140 valence electrons. The molecule has 0 amide bonds. The molecule has 0 saturated carbocycles. The number of alkyl halides is 3. The number of aliphatic imine (C=N–C) groups is 1. The Labute approximate surface area is 151 Å². The van der Waals surface area contributed by atoms with Gasteiger partial charge in [0.15, 0.2) is 11.7 Å². The molecule has 0 atom stereocenters. The van der Waals surface area contributed by atoms with Gasteiger partial charge in [-0.3, -0.25) is 15.1 Å². The molecule has 0 saturated heterocycles. The van der Waals surface area contributed by atoms with Crippen LogP contribution in [0.2, 0.25) is 0 Å². The summed E-state index contributed by atoms with van der Waals surface area (Å²) in [4.78, 5) is 18.0. The summed E-state index contributed by atoms with van der Waals surface area (Å²) < 4.78 is 37.5. The summed E-state index contributed by atoms with van der Waals surface area (Å²) >= 11 is 0.945. The Morgan fingerprint density at radius 1 is 1.35 bits per heavy atom. The average Bonchev–Trinajstić information content (AvgIpc) is 3.07. The normalized spacial score (nSPS) is 12.1. The minimum Gasteiger partial charge on any atom is -0.356 e. The van der Waals surface area contributed by atoms with Crippen LogP contribution < -0.4 is 10.6 Å². The maximum absolute atomic E-state index is 12.5. The van der Waals surface area contributed by atoms with E-state index in [0.717, 1.165) is 16.7 Å². The quantitative estimate of drug-likeness (QED) is 0.344. The fourth-order valence-corrected chi connectivity index (χ4v) is 2.89. The molecule has 0 aliphatic heterocycles. The monoisotopic (exact) mass is 387 g/mol. The highest BCUT2D eigenvalue weighted by Crippen LogP contribution is 2.30. The molecule has 0 bridgehead atoms. The highest BCUT2D eigenvalue weighted by atomic mass is 32.1. The largest absolute Gasteiger partial charge is 0.434 e. The van der Waals surface area contributed by atoms with Gasteiger partial charge in [-0.25, -0.2) is 4.98 Å². The second-order valence-electron chi connectivity index (χ2n) is 5.11. The lowest BCUT2D eigenvalue weighted by molar-refractivity contribution is -0.385. The van der Waals surface area contributed by atoms with Crippen LogP contribution >= 0.6 is 11.3 Å². The van der Waals surface area contributed by atoms with E-state index in [0.29, 0.717) is 29.5 Å². The van der Waals surface area contributed by atoms with Gasteiger partial charge in [0.2, 0.25) is 0 Å². The first-order chi connectivity index (χ1) is 12.3. The Kier molecular flexibility index (Phi) is 6.50. The Balaban J connectivity index is 1.85. The maximum Gasteiger partial charge on any atom is 0.434 e. The van der Waals surface area contributed by atoms with Crippen molar-refractivity contribution in [1.29, 1.82) is 0 Å². The number of benzene rings is 1. The molecule has 0 fully saturated rings. The molecule has 11 heteroatoms. The lowest BCUT2D eigenvalue weighted by atomic mass is 10.2. The van der Waals surface area contributed by atoms with E-state index in [2.05, 4.69) is 20.6 Å². The Morgan fingerprint density at radius 3 is 2.69 bits per heavy atom. The van der Waals surface area contributed by atoms with Crippen LogP contribution in [0.5, 0.6) is 0 Å². The van der Waals surface area contributed by atoms with E-state index in [9.17, 15) is 23.3 Å². The van der Waals surface area contributed by atoms with Crippen LogP contribution in [-0.4, -0.2) is 29.5 Å². The predicted molar refractivity (Wildman–Crippen MR) is 92.1 cm³/mol. The van der Waals surface area contributed by atoms with Crippen molar-refractivity contribution in [3.05, 3.63) is 56.0 Å². The first kappa shape index (κ1) is 19.6. The topological polar surface area (TPSA) is 92.5 Å². The summed E-state index contributed by atoms with van der Waals surface area (Å²) in [5, 5.41) is 18.2. The molecule has 0 radical (unpaired) electrons. The summed E-state index contributed by atoms with van der Waals surface area (Å²) in [5.41, 5.74) is -0.399. The summed E-state index contributed by atoms with van der Waals surface area (Å²) in [5.74, 6) is 0.385. The van der Waals surface area contributed by atoms with E-state index >= 15 is 0 Å². The third-order valence-electron chi connectivity index (χ3n) is 3.33. The van der Waals surface area contributed by atoms with Gasteiger partial charge in [0, 0.05) is 43.6 Å². The summed E-state index contributed by atoms with van der Waals surface area (Å²) in [6, 6.07) is 6.32. The number of thiazole rings is 1. The third kappa shape index (κ3) is 5.41. The minimum atomic E-state index is -4.44. The number of hydrogen-bond donors (Lipinski definition) is 2. The number of para-hydroxylation sites is 1. The van der Waals surface area contributed by atoms with E-state index in [4.69, 9.17) is 0 Å². The van der Waals surface area contributed by atoms with Crippen LogP contribution in [0.25, 0.3) is 0 Å². The van der Waals surface area contributed by atoms with Crippen molar-refractivity contribution in [3.63, 3.8) is 0 Å². The van der Waals surface area contributed by atoms with E-state index in [1.54, 1.807) is 18.2 Å². The van der Waals surface area contributed by atoms with E-state index in [1.807, 2.05) is 0 Å². The van der Waals surface area contributed by atoms with Gasteiger partial charge in [0.1, 0.15) is 0 Å². The fourth-order valence-electron chi connectivity index (χ4n) is 2.08. The SMILES string of the molecule is CN=C(NCCc1nc(C(F)(F)F)cs1)NCc1ccccc1[N+](=O)[O-]. The van der Waals surface area contributed by atoms with Crippen molar-refractivity contribution >= 4 is 23.0 Å². The Morgan fingerprint density at radius 2 is 2.08 bits per heavy atom. The standard InChI is InChI=1S/C15H16F3N5O2S/c1-19-14(21-8-10-4-2-3-5-11(10)23(24)25)20-7-6-13-22-12(9-26-13)15(16,17)18/h2-5,9H,6-8H2,1H3,(H2,19,20,21). The molecule has 2 aromatic rings. The number of nitro benzene ring substituents is 1. The molecule has 0 unspecified atom stereocenters. The summed E-state index contributed by atoms with van der Waals surface area (Å²) in [6.07, 6.45) is -4.14. The number of rotatable bonds is 6. The minimum absolute atomic E-state index is 0.00193. The summed E-state index contributed by atoms with van der Waals surface area (Å²) in [6.45, 7) is 0.508. The second-order valence-corrected chi connectivity index (χ2v) is 6.06. The number of nitro groups is 1. The van der Waals surface area contributed by atoms with Crippen LogP contribution in [-0.2, 0) is 19.1 Å². The first-order valence-corrected chi connectivity index (χ1v) is 8.37. The van der Waals surface area contributed by atoms with Crippen molar-refractivity contribution in [2.24, 2.45) is 4.99 Å². The van der Waals surface area contributed by atoms with Gasteiger partial charge in [-0.15, -0.1) is 11.3 Å². The molecular weight excluding hydrogens is 371 g/mol. The number of guanidine groups is 1. The van der Waals surface area contributed by atoms with Gasteiger partial charge in [0.25, 0.3) is 5.69 Å². The van der Waals surface area contributed by atoms with Crippen molar-refractivity contribution in [1.82, 2.24) is 15.6 Å². The zero-order valence-electron chi connectivity index (χ0n) is 13.7. The van der Waals surface area contributed by atoms with Crippen LogP contribution in [0, 0.1) is 10.1 Å². The van der Waals surface area contributed by atoms with Crippen molar-refractivity contribution < 1.29 is 18.1 Å². The number of halogens is 3. The highest BCUT2D eigenvalue weighted by Gasteiger charge is 2.33. The second kappa shape index (κ2) is 8.61. The molecule has 1 aromatic carbocycles. The van der Waals surface area contributed by atoms with Gasteiger partial charge in [-0.2, -0.15) is 13.2 Å². The lowest BCUT2D eigenvalue weighted by Crippen LogP contribution is -2.38. The van der Waals surface area contributed by atoms with Crippen molar-refractivity contribution in [3.8, 4) is 0 Å². The van der Waals surface area contributed by atoms with Gasteiger partial charge in [0.05, 0.1) is 9.93 Å². The van der Waals surface area contributed by atoms with E-state index < -0.39 is 16.8 Å². The third-order valence-corrected chi connectivity index (χ3v) is 4.24. The molecule has 2 rings (SSSR count). The van der Waals surface area contributed by atoms with Gasteiger partial charge in [-0.05, 0) is 0 Å². The molecule has 0 spiro atoms. The number of aromatic nitrogens is 1. The molecule has 1 aromatic heterocycles. The highest BCUT2D eigenvalue weighted by molar-refractivity contribution is 7.09. The van der Waals surface area contributed by atoms with Crippen LogP contribution in [0.4, 0.5) is 18.9 Å². The Bertz CT molecular complexity index is 792. The smallest absolute Gasteiger partial charge is 0.356 e. The zero-order chi connectivity index (χ0) is 19.2. The number of nitrogens with one attached hydrogen (secondary N) is 2. The van der Waals surface area contributed by atoms with E-state index in [1.165, 1.54) is 13.1 Å². The van der Waals surface area contributed by atoms with Crippen LogP contribution in [0.1, 0.15) is 16.3 Å². The van der Waals surface area contributed by atoms with Gasteiger partial charge >= 0.3 is 6.18 Å². The van der Waals surface area contributed by atoms with Crippen molar-refractivity contribution in [2.75, 3.05) is 13.6 Å². The maximum atomic E-state index is 12.5. The first-order valence-electron chi connectivity index (χ1n) is 7.49. The molecule has 2 N–H and O–H groups in total.